The van der Waals surface area contributed by atoms with Crippen LogP contribution >= 0.6 is 0 Å². The molecule has 34 heavy (non-hydrogen) atoms. The third kappa shape index (κ3) is 5.49. The molecule has 2 aromatic heterocycles. The van der Waals surface area contributed by atoms with Gasteiger partial charge in [0.15, 0.2) is 12.3 Å². The average Bonchev–Trinajstić information content (AvgIpc) is 3.30. The van der Waals surface area contributed by atoms with Crippen LogP contribution in [-0.4, -0.2) is 39.8 Å². The average molecular weight is 457 g/mol. The maximum Gasteiger partial charge on any atom is 0.339 e. The van der Waals surface area contributed by atoms with Gasteiger partial charge in [-0.2, -0.15) is 5.10 Å². The van der Waals surface area contributed by atoms with E-state index in [0.29, 0.717) is 28.8 Å². The molecule has 0 saturated heterocycles. The SMILES string of the molecule is CC(C)n1ncc2c(C(=O)OCC(=O)NCCCc3ccccc3)cc(-c3ccccc3)nc21. The van der Waals surface area contributed by atoms with Crippen LogP contribution in [0.25, 0.3) is 22.3 Å². The molecule has 2 aromatic carbocycles. The molecule has 0 unspecified atom stereocenters. The van der Waals surface area contributed by atoms with Crippen molar-refractivity contribution in [3.8, 4) is 11.3 Å². The molecule has 0 radical (unpaired) electrons. The first kappa shape index (κ1) is 23.2. The number of aromatic nitrogens is 3. The summed E-state index contributed by atoms with van der Waals surface area (Å²) in [4.78, 5) is 29.9. The van der Waals surface area contributed by atoms with Crippen LogP contribution in [0.15, 0.2) is 72.9 Å². The Kier molecular flexibility index (Phi) is 7.32. The molecule has 2 heterocycles. The largest absolute Gasteiger partial charge is 0.452 e. The lowest BCUT2D eigenvalue weighted by molar-refractivity contribution is -0.124. The number of ether oxygens (including phenoxy) is 1. The highest BCUT2D eigenvalue weighted by molar-refractivity contribution is 6.04. The van der Waals surface area contributed by atoms with Crippen molar-refractivity contribution in [2.45, 2.75) is 32.7 Å². The van der Waals surface area contributed by atoms with Crippen molar-refractivity contribution in [1.82, 2.24) is 20.1 Å². The van der Waals surface area contributed by atoms with E-state index in [1.165, 1.54) is 5.56 Å². The first-order chi connectivity index (χ1) is 16.5. The Morgan fingerprint density at radius 1 is 1.03 bits per heavy atom. The van der Waals surface area contributed by atoms with E-state index in [4.69, 9.17) is 9.72 Å². The Hall–Kier alpha value is -4.00. The summed E-state index contributed by atoms with van der Waals surface area (Å²) in [6, 6.07) is 21.5. The van der Waals surface area contributed by atoms with E-state index in [-0.39, 0.29) is 18.6 Å². The number of carbonyl (C=O) groups is 2. The van der Waals surface area contributed by atoms with E-state index in [2.05, 4.69) is 22.5 Å². The lowest BCUT2D eigenvalue weighted by atomic mass is 10.1. The third-order valence-corrected chi connectivity index (χ3v) is 5.49. The summed E-state index contributed by atoms with van der Waals surface area (Å²) in [6.45, 7) is 4.18. The van der Waals surface area contributed by atoms with Crippen molar-refractivity contribution < 1.29 is 14.3 Å². The second-order valence-electron chi connectivity index (χ2n) is 8.36. The maximum absolute atomic E-state index is 13.0. The first-order valence-corrected chi connectivity index (χ1v) is 11.4. The zero-order valence-corrected chi connectivity index (χ0v) is 19.4. The van der Waals surface area contributed by atoms with Crippen LogP contribution in [0.5, 0.6) is 0 Å². The Balaban J connectivity index is 1.43. The highest BCUT2D eigenvalue weighted by Gasteiger charge is 2.20. The molecule has 0 aliphatic carbocycles. The van der Waals surface area contributed by atoms with Crippen molar-refractivity contribution in [3.05, 3.63) is 84.1 Å². The van der Waals surface area contributed by atoms with E-state index in [9.17, 15) is 9.59 Å². The van der Waals surface area contributed by atoms with Crippen LogP contribution in [0.3, 0.4) is 0 Å². The number of hydrogen-bond acceptors (Lipinski definition) is 5. The van der Waals surface area contributed by atoms with Gasteiger partial charge >= 0.3 is 5.97 Å². The van der Waals surface area contributed by atoms with Gasteiger partial charge < -0.3 is 10.1 Å². The lowest BCUT2D eigenvalue weighted by Gasteiger charge is -2.11. The molecule has 0 spiro atoms. The van der Waals surface area contributed by atoms with Crippen LogP contribution in [0.2, 0.25) is 0 Å². The minimum Gasteiger partial charge on any atom is -0.452 e. The molecule has 0 fully saturated rings. The Bertz CT molecular complexity index is 1270. The summed E-state index contributed by atoms with van der Waals surface area (Å²) in [7, 11) is 0. The van der Waals surface area contributed by atoms with Gasteiger partial charge in [0.05, 0.1) is 22.8 Å². The van der Waals surface area contributed by atoms with Crippen LogP contribution in [-0.2, 0) is 16.0 Å². The number of hydrogen-bond donors (Lipinski definition) is 1. The van der Waals surface area contributed by atoms with Crippen molar-refractivity contribution in [2.75, 3.05) is 13.2 Å². The van der Waals surface area contributed by atoms with E-state index >= 15 is 0 Å². The van der Waals surface area contributed by atoms with Crippen LogP contribution < -0.4 is 5.32 Å². The Morgan fingerprint density at radius 3 is 2.44 bits per heavy atom. The number of nitrogens with one attached hydrogen (secondary N) is 1. The second kappa shape index (κ2) is 10.7. The van der Waals surface area contributed by atoms with Gasteiger partial charge in [-0.25, -0.2) is 14.5 Å². The van der Waals surface area contributed by atoms with Gasteiger partial charge in [-0.15, -0.1) is 0 Å². The molecular formula is C27H28N4O3. The predicted molar refractivity (Wildman–Crippen MR) is 131 cm³/mol. The van der Waals surface area contributed by atoms with Gasteiger partial charge in [0.1, 0.15) is 0 Å². The number of benzene rings is 2. The molecule has 1 amide bonds. The summed E-state index contributed by atoms with van der Waals surface area (Å²) in [5.74, 6) is -0.903. The van der Waals surface area contributed by atoms with Crippen LogP contribution in [0.4, 0.5) is 0 Å². The van der Waals surface area contributed by atoms with Crippen LogP contribution in [0, 0.1) is 0 Å². The maximum atomic E-state index is 13.0. The fourth-order valence-electron chi connectivity index (χ4n) is 3.75. The molecule has 4 aromatic rings. The van der Waals surface area contributed by atoms with Gasteiger partial charge in [0.25, 0.3) is 5.91 Å². The van der Waals surface area contributed by atoms with Crippen LogP contribution in [0.1, 0.15) is 42.2 Å². The summed E-state index contributed by atoms with van der Waals surface area (Å²) in [6.07, 6.45) is 3.30. The van der Waals surface area contributed by atoms with E-state index in [0.717, 1.165) is 18.4 Å². The third-order valence-electron chi connectivity index (χ3n) is 5.49. The summed E-state index contributed by atoms with van der Waals surface area (Å²) in [5.41, 5.74) is 3.70. The Morgan fingerprint density at radius 2 is 1.74 bits per heavy atom. The number of rotatable bonds is 9. The first-order valence-electron chi connectivity index (χ1n) is 11.4. The number of carbonyl (C=O) groups excluding carboxylic acids is 2. The molecule has 4 rings (SSSR count). The molecule has 0 atom stereocenters. The molecule has 174 valence electrons. The summed E-state index contributed by atoms with van der Waals surface area (Å²) in [5, 5.41) is 7.82. The van der Waals surface area contributed by atoms with Crippen molar-refractivity contribution in [3.63, 3.8) is 0 Å². The molecule has 0 saturated carbocycles. The van der Waals surface area contributed by atoms with Gasteiger partial charge in [-0.05, 0) is 38.3 Å². The number of aryl methyl sites for hydroxylation is 1. The predicted octanol–water partition coefficient (Wildman–Crippen LogP) is 4.59. The van der Waals surface area contributed by atoms with Gasteiger partial charge in [-0.3, -0.25) is 4.79 Å². The standard InChI is InChI=1S/C27H28N4O3/c1-19(2)31-26-23(17-29-31)22(16-24(30-26)21-13-7-4-8-14-21)27(33)34-18-25(32)28-15-9-12-20-10-5-3-6-11-20/h3-8,10-11,13-14,16-17,19H,9,12,15,18H2,1-2H3,(H,28,32). The van der Waals surface area contributed by atoms with E-state index in [1.54, 1.807) is 16.9 Å². The highest BCUT2D eigenvalue weighted by Crippen LogP contribution is 2.26. The number of fused-ring (bicyclic) bond motifs is 1. The van der Waals surface area contributed by atoms with Crippen molar-refractivity contribution in [2.24, 2.45) is 0 Å². The van der Waals surface area contributed by atoms with Gasteiger partial charge in [-0.1, -0.05) is 60.7 Å². The molecule has 0 bridgehead atoms. The minimum atomic E-state index is -0.577. The molecule has 0 aliphatic rings. The molecule has 7 heteroatoms. The smallest absolute Gasteiger partial charge is 0.339 e. The number of amides is 1. The highest BCUT2D eigenvalue weighted by atomic mass is 16.5. The number of esters is 1. The molecule has 7 nitrogen and oxygen atoms in total. The quantitative estimate of drug-likeness (QED) is 0.294. The van der Waals surface area contributed by atoms with Crippen molar-refractivity contribution >= 4 is 22.9 Å². The lowest BCUT2D eigenvalue weighted by Crippen LogP contribution is -2.29. The summed E-state index contributed by atoms with van der Waals surface area (Å²) < 4.78 is 7.13. The number of nitrogens with zero attached hydrogens (tertiary/aromatic N) is 3. The molecule has 0 aliphatic heterocycles. The van der Waals surface area contributed by atoms with Gasteiger partial charge in [0.2, 0.25) is 0 Å². The van der Waals surface area contributed by atoms with E-state index in [1.807, 2.05) is 62.4 Å². The summed E-state index contributed by atoms with van der Waals surface area (Å²) >= 11 is 0. The second-order valence-corrected chi connectivity index (χ2v) is 8.36. The van der Waals surface area contributed by atoms with Crippen molar-refractivity contribution in [1.29, 1.82) is 0 Å². The zero-order valence-electron chi connectivity index (χ0n) is 19.4. The molecule has 1 N–H and O–H groups in total. The normalized spacial score (nSPS) is 11.0. The fourth-order valence-corrected chi connectivity index (χ4v) is 3.75. The number of pyridine rings is 1. The fraction of sp³-hybridized carbons (Fsp3) is 0.259. The zero-order chi connectivity index (χ0) is 23.9. The monoisotopic (exact) mass is 456 g/mol. The minimum absolute atomic E-state index is 0.0709. The topological polar surface area (TPSA) is 86.1 Å². The van der Waals surface area contributed by atoms with E-state index < -0.39 is 5.97 Å². The van der Waals surface area contributed by atoms with Gasteiger partial charge in [0, 0.05) is 18.2 Å². The molecular weight excluding hydrogens is 428 g/mol. The Labute approximate surface area is 198 Å².